The maximum absolute atomic E-state index is 9.21. The van der Waals surface area contributed by atoms with Crippen LogP contribution in [-0.2, 0) is 6.61 Å². The van der Waals surface area contributed by atoms with Crippen LogP contribution in [0.15, 0.2) is 115 Å². The van der Waals surface area contributed by atoms with E-state index in [1.807, 2.05) is 86.6 Å². The molecule has 0 aliphatic rings. The Morgan fingerprint density at radius 3 is 1.56 bits per heavy atom. The lowest BCUT2D eigenvalue weighted by Crippen LogP contribution is -1.95. The van der Waals surface area contributed by atoms with Gasteiger partial charge in [0.2, 0.25) is 0 Å². The van der Waals surface area contributed by atoms with E-state index in [-0.39, 0.29) is 5.75 Å². The molecule has 0 saturated heterocycles. The second kappa shape index (κ2) is 12.8. The Morgan fingerprint density at radius 1 is 0.615 bits per heavy atom. The molecule has 5 aromatic rings. The summed E-state index contributed by atoms with van der Waals surface area (Å²) in [5.41, 5.74) is 9.08. The fraction of sp³-hybridized carbons (Fsp3) is 0.0857. The number of hydrogen-bond acceptors (Lipinski definition) is 4. The Balaban J connectivity index is 0.000000193. The largest absolute Gasteiger partial charge is 0.508 e. The summed E-state index contributed by atoms with van der Waals surface area (Å²) in [4.78, 5) is 0. The van der Waals surface area contributed by atoms with Crippen molar-refractivity contribution in [2.75, 3.05) is 0 Å². The molecule has 0 aliphatic heterocycles. The van der Waals surface area contributed by atoms with Crippen molar-refractivity contribution >= 4 is 0 Å². The van der Waals surface area contributed by atoms with Crippen molar-refractivity contribution in [3.05, 3.63) is 143 Å². The van der Waals surface area contributed by atoms with Gasteiger partial charge in [0.15, 0.2) is 0 Å². The van der Waals surface area contributed by atoms with Gasteiger partial charge in [0.05, 0.1) is 23.3 Å². The molecule has 0 spiro atoms. The van der Waals surface area contributed by atoms with E-state index in [0.717, 1.165) is 44.7 Å². The van der Waals surface area contributed by atoms with Crippen LogP contribution in [0.2, 0.25) is 0 Å². The first-order chi connectivity index (χ1) is 19.0. The molecular weight excluding hydrogens is 480 g/mol. The minimum Gasteiger partial charge on any atom is -0.508 e. The molecule has 1 N–H and O–H groups in total. The molecule has 0 aromatic heterocycles. The van der Waals surface area contributed by atoms with Crippen molar-refractivity contribution in [1.29, 1.82) is 10.5 Å². The maximum atomic E-state index is 9.21. The molecule has 0 heterocycles. The van der Waals surface area contributed by atoms with Crippen LogP contribution in [0.3, 0.4) is 0 Å². The van der Waals surface area contributed by atoms with Crippen molar-refractivity contribution in [1.82, 2.24) is 0 Å². The van der Waals surface area contributed by atoms with E-state index in [1.165, 1.54) is 0 Å². The quantitative estimate of drug-likeness (QED) is 0.259. The number of phenolic OH excluding ortho intramolecular Hbond substituents is 1. The molecule has 0 saturated carbocycles. The fourth-order valence-electron chi connectivity index (χ4n) is 4.22. The maximum Gasteiger partial charge on any atom is 0.119 e. The molecule has 39 heavy (non-hydrogen) atoms. The summed E-state index contributed by atoms with van der Waals surface area (Å²) in [5, 5.41) is 26.9. The summed E-state index contributed by atoms with van der Waals surface area (Å²) < 4.78 is 5.76. The average molecular weight is 509 g/mol. The van der Waals surface area contributed by atoms with Crippen molar-refractivity contribution in [3.63, 3.8) is 0 Å². The van der Waals surface area contributed by atoms with E-state index >= 15 is 0 Å². The second-order valence-electron chi connectivity index (χ2n) is 9.13. The van der Waals surface area contributed by atoms with Crippen molar-refractivity contribution in [3.8, 4) is 45.9 Å². The molecule has 4 nitrogen and oxygen atoms in total. The zero-order valence-electron chi connectivity index (χ0n) is 21.9. The number of aryl methyl sites for hydroxylation is 2. The summed E-state index contributed by atoms with van der Waals surface area (Å²) in [6.45, 7) is 4.56. The molecule has 5 rings (SSSR count). The molecule has 0 atom stereocenters. The highest BCUT2D eigenvalue weighted by Gasteiger charge is 2.05. The van der Waals surface area contributed by atoms with Gasteiger partial charge in [-0.25, -0.2) is 0 Å². The lowest BCUT2D eigenvalue weighted by atomic mass is 9.98. The summed E-state index contributed by atoms with van der Waals surface area (Å²) in [7, 11) is 0. The normalized spacial score (nSPS) is 9.95. The Bertz CT molecular complexity index is 1630. The van der Waals surface area contributed by atoms with Gasteiger partial charge >= 0.3 is 0 Å². The molecular formula is C35H28N2O2. The van der Waals surface area contributed by atoms with E-state index < -0.39 is 0 Å². The number of aromatic hydroxyl groups is 1. The minimum atomic E-state index is 0.259. The number of hydrogen-bond donors (Lipinski definition) is 1. The van der Waals surface area contributed by atoms with Crippen LogP contribution in [0, 0.1) is 36.5 Å². The van der Waals surface area contributed by atoms with Gasteiger partial charge in [-0.05, 0) is 101 Å². The smallest absolute Gasteiger partial charge is 0.119 e. The SMILES string of the molecule is Cc1cc(C#N)ccc1-c1ccc(COc2ccccc2)cc1.Cc1cc(C#N)ccc1-c1ccc(O)cc1. The van der Waals surface area contributed by atoms with E-state index in [9.17, 15) is 5.11 Å². The van der Waals surface area contributed by atoms with Gasteiger partial charge < -0.3 is 9.84 Å². The Kier molecular flexibility index (Phi) is 8.75. The predicted molar refractivity (Wildman–Crippen MR) is 155 cm³/mol. The van der Waals surface area contributed by atoms with Crippen molar-refractivity contribution in [2.45, 2.75) is 20.5 Å². The van der Waals surface area contributed by atoms with Crippen LogP contribution in [0.25, 0.3) is 22.3 Å². The third-order valence-electron chi connectivity index (χ3n) is 6.30. The standard InChI is InChI=1S/C21H17NO.C14H11NO/c1-16-13-18(14-22)9-12-21(16)19-10-7-17(8-11-19)15-23-20-5-3-2-4-6-20;1-10-8-11(9-15)2-7-14(10)12-3-5-13(16)6-4-12/h2-13H,15H2,1H3;2-8,16H,1H3. The molecule has 0 fully saturated rings. The number of phenols is 1. The number of nitrogens with zero attached hydrogens (tertiary/aromatic N) is 2. The van der Waals surface area contributed by atoms with Crippen molar-refractivity contribution < 1.29 is 9.84 Å². The van der Waals surface area contributed by atoms with Gasteiger partial charge in [-0.2, -0.15) is 10.5 Å². The van der Waals surface area contributed by atoms with Gasteiger partial charge in [0.1, 0.15) is 18.1 Å². The molecule has 0 radical (unpaired) electrons. The summed E-state index contributed by atoms with van der Waals surface area (Å²) in [6.07, 6.45) is 0. The first-order valence-electron chi connectivity index (χ1n) is 12.5. The Hall–Kier alpha value is -5.32. The predicted octanol–water partition coefficient (Wildman–Crippen LogP) is 8.35. The third-order valence-corrected chi connectivity index (χ3v) is 6.30. The molecule has 5 aromatic carbocycles. The fourth-order valence-corrected chi connectivity index (χ4v) is 4.22. The number of para-hydroxylation sites is 1. The average Bonchev–Trinajstić information content (AvgIpc) is 2.98. The summed E-state index contributed by atoms with van der Waals surface area (Å²) in [6, 6.07) is 40.9. The van der Waals surface area contributed by atoms with Gasteiger partial charge in [-0.15, -0.1) is 0 Å². The van der Waals surface area contributed by atoms with Gasteiger partial charge in [0, 0.05) is 0 Å². The third kappa shape index (κ3) is 7.13. The molecule has 4 heteroatoms. The minimum absolute atomic E-state index is 0.259. The van der Waals surface area contributed by atoms with Crippen LogP contribution in [0.4, 0.5) is 0 Å². The van der Waals surface area contributed by atoms with E-state index in [2.05, 4.69) is 36.4 Å². The van der Waals surface area contributed by atoms with Crippen LogP contribution in [0.1, 0.15) is 27.8 Å². The van der Waals surface area contributed by atoms with E-state index in [4.69, 9.17) is 15.3 Å². The number of nitriles is 2. The lowest BCUT2D eigenvalue weighted by Gasteiger charge is -2.09. The van der Waals surface area contributed by atoms with Gasteiger partial charge in [-0.3, -0.25) is 0 Å². The number of benzene rings is 5. The first kappa shape index (κ1) is 26.7. The lowest BCUT2D eigenvalue weighted by molar-refractivity contribution is 0.306. The number of ether oxygens (including phenoxy) is 1. The summed E-state index contributed by atoms with van der Waals surface area (Å²) >= 11 is 0. The zero-order valence-corrected chi connectivity index (χ0v) is 21.9. The van der Waals surface area contributed by atoms with Gasteiger partial charge in [-0.1, -0.05) is 66.7 Å². The van der Waals surface area contributed by atoms with Crippen molar-refractivity contribution in [2.24, 2.45) is 0 Å². The second-order valence-corrected chi connectivity index (χ2v) is 9.13. The van der Waals surface area contributed by atoms with E-state index in [0.29, 0.717) is 17.7 Å². The highest BCUT2D eigenvalue weighted by Crippen LogP contribution is 2.26. The van der Waals surface area contributed by atoms with Crippen LogP contribution >= 0.6 is 0 Å². The number of rotatable bonds is 5. The highest BCUT2D eigenvalue weighted by molar-refractivity contribution is 5.69. The highest BCUT2D eigenvalue weighted by atomic mass is 16.5. The Morgan fingerprint density at radius 2 is 1.10 bits per heavy atom. The molecule has 0 unspecified atom stereocenters. The Labute approximate surface area is 229 Å². The van der Waals surface area contributed by atoms with Crippen LogP contribution < -0.4 is 4.74 Å². The monoisotopic (exact) mass is 508 g/mol. The molecule has 190 valence electrons. The van der Waals surface area contributed by atoms with E-state index in [1.54, 1.807) is 18.2 Å². The molecule has 0 aliphatic carbocycles. The zero-order chi connectivity index (χ0) is 27.6. The topological polar surface area (TPSA) is 77.0 Å². The first-order valence-corrected chi connectivity index (χ1v) is 12.5. The molecule has 0 bridgehead atoms. The molecule has 0 amide bonds. The van der Waals surface area contributed by atoms with Gasteiger partial charge in [0.25, 0.3) is 0 Å². The van der Waals surface area contributed by atoms with Crippen LogP contribution in [0.5, 0.6) is 11.5 Å². The van der Waals surface area contributed by atoms with Crippen LogP contribution in [-0.4, -0.2) is 5.11 Å². The summed E-state index contributed by atoms with van der Waals surface area (Å²) in [5.74, 6) is 1.13.